The van der Waals surface area contributed by atoms with Crippen molar-refractivity contribution in [2.24, 2.45) is 7.05 Å². The molecule has 1 saturated heterocycles. The second-order valence-electron chi connectivity index (χ2n) is 8.28. The van der Waals surface area contributed by atoms with Gasteiger partial charge in [-0.25, -0.2) is 14.2 Å². The SMILES string of the molecule is Cn1c(C=C2CCN(c3cccc(OCc4ccc(Cl)cc4F)n3)CC2)nc2sc(C(=O)O)cc21. The molecule has 0 unspecified atom stereocenters. The molecule has 0 aliphatic carbocycles. The first-order valence-corrected chi connectivity index (χ1v) is 12.2. The maximum atomic E-state index is 14.0. The fourth-order valence-electron chi connectivity index (χ4n) is 4.03. The summed E-state index contributed by atoms with van der Waals surface area (Å²) in [5.41, 5.74) is 2.53. The van der Waals surface area contributed by atoms with E-state index in [1.807, 2.05) is 23.7 Å². The number of nitrogens with zero attached hydrogens (tertiary/aromatic N) is 4. The highest BCUT2D eigenvalue weighted by Gasteiger charge is 2.18. The number of pyridine rings is 1. The Kier molecular flexibility index (Phi) is 6.44. The lowest BCUT2D eigenvalue weighted by Gasteiger charge is -2.29. The van der Waals surface area contributed by atoms with Gasteiger partial charge in [-0.1, -0.05) is 29.3 Å². The van der Waals surface area contributed by atoms with Crippen molar-refractivity contribution in [1.29, 1.82) is 0 Å². The zero-order valence-electron chi connectivity index (χ0n) is 18.9. The lowest BCUT2D eigenvalue weighted by atomic mass is 10.0. The fourth-order valence-corrected chi connectivity index (χ4v) is 5.09. The molecule has 0 spiro atoms. The van der Waals surface area contributed by atoms with Gasteiger partial charge in [-0.15, -0.1) is 11.3 Å². The highest BCUT2D eigenvalue weighted by molar-refractivity contribution is 7.20. The predicted octanol–water partition coefficient (Wildman–Crippen LogP) is 5.78. The number of hydrogen-bond acceptors (Lipinski definition) is 6. The number of ether oxygens (including phenoxy) is 1. The van der Waals surface area contributed by atoms with Gasteiger partial charge in [-0.05, 0) is 43.2 Å². The Bertz CT molecular complexity index is 1440. The maximum absolute atomic E-state index is 14.0. The van der Waals surface area contributed by atoms with Gasteiger partial charge in [0.1, 0.15) is 33.8 Å². The largest absolute Gasteiger partial charge is 0.477 e. The smallest absolute Gasteiger partial charge is 0.346 e. The van der Waals surface area contributed by atoms with Crippen LogP contribution in [0.15, 0.2) is 48.0 Å². The van der Waals surface area contributed by atoms with Gasteiger partial charge in [0.15, 0.2) is 0 Å². The topological polar surface area (TPSA) is 80.5 Å². The van der Waals surface area contributed by atoms with Gasteiger partial charge < -0.3 is 19.3 Å². The first kappa shape index (κ1) is 23.3. The van der Waals surface area contributed by atoms with E-state index in [0.29, 0.717) is 21.3 Å². The van der Waals surface area contributed by atoms with Gasteiger partial charge in [0.25, 0.3) is 0 Å². The standard InChI is InChI=1S/C25H22ClFN4O3S/c1-30-19-13-20(25(32)33)35-24(19)29-22(30)11-15-7-9-31(10-8-15)21-3-2-4-23(28-21)34-14-16-5-6-17(26)12-18(16)27/h2-6,11-13H,7-10,14H2,1H3,(H,32,33). The minimum absolute atomic E-state index is 0.0708. The lowest BCUT2D eigenvalue weighted by Crippen LogP contribution is -2.31. The van der Waals surface area contributed by atoms with Crippen LogP contribution in [0.3, 0.4) is 0 Å². The minimum atomic E-state index is -0.930. The number of imidazole rings is 1. The maximum Gasteiger partial charge on any atom is 0.346 e. The number of aromatic nitrogens is 3. The molecule has 5 rings (SSSR count). The highest BCUT2D eigenvalue weighted by Crippen LogP contribution is 2.29. The summed E-state index contributed by atoms with van der Waals surface area (Å²) in [6.45, 7) is 1.67. The molecular weight excluding hydrogens is 491 g/mol. The number of aryl methyl sites for hydroxylation is 1. The summed E-state index contributed by atoms with van der Waals surface area (Å²) in [7, 11) is 1.90. The molecule has 7 nitrogen and oxygen atoms in total. The average Bonchev–Trinajstić information content (AvgIpc) is 3.39. The van der Waals surface area contributed by atoms with E-state index in [9.17, 15) is 14.3 Å². The van der Waals surface area contributed by atoms with Crippen LogP contribution in [0.5, 0.6) is 5.88 Å². The van der Waals surface area contributed by atoms with E-state index >= 15 is 0 Å². The molecule has 1 aromatic carbocycles. The predicted molar refractivity (Wildman–Crippen MR) is 135 cm³/mol. The minimum Gasteiger partial charge on any atom is -0.477 e. The third-order valence-corrected chi connectivity index (χ3v) is 7.23. The Morgan fingerprint density at radius 1 is 1.23 bits per heavy atom. The number of fused-ring (bicyclic) bond motifs is 1. The Morgan fingerprint density at radius 3 is 2.74 bits per heavy atom. The van der Waals surface area contributed by atoms with Crippen molar-refractivity contribution >= 4 is 51.1 Å². The number of carboxylic acids is 1. The number of carbonyl (C=O) groups is 1. The molecule has 0 bridgehead atoms. The summed E-state index contributed by atoms with van der Waals surface area (Å²) < 4.78 is 21.7. The van der Waals surface area contributed by atoms with Crippen LogP contribution in [-0.4, -0.2) is 38.7 Å². The van der Waals surface area contributed by atoms with Crippen LogP contribution in [0.2, 0.25) is 5.02 Å². The van der Waals surface area contributed by atoms with E-state index in [-0.39, 0.29) is 6.61 Å². The van der Waals surface area contributed by atoms with Crippen molar-refractivity contribution in [3.05, 3.63) is 75.1 Å². The van der Waals surface area contributed by atoms with E-state index in [2.05, 4.69) is 20.9 Å². The van der Waals surface area contributed by atoms with Crippen LogP contribution in [0.25, 0.3) is 16.4 Å². The number of rotatable bonds is 6. The molecule has 1 fully saturated rings. The summed E-state index contributed by atoms with van der Waals surface area (Å²) in [6, 6.07) is 11.8. The Balaban J connectivity index is 1.23. The lowest BCUT2D eigenvalue weighted by molar-refractivity contribution is 0.0702. The van der Waals surface area contributed by atoms with Gasteiger partial charge in [-0.2, -0.15) is 4.98 Å². The monoisotopic (exact) mass is 512 g/mol. The second-order valence-corrected chi connectivity index (χ2v) is 9.75. The number of hydrogen-bond donors (Lipinski definition) is 1. The number of thiophene rings is 1. The van der Waals surface area contributed by atoms with Crippen LogP contribution in [-0.2, 0) is 13.7 Å². The van der Waals surface area contributed by atoms with E-state index < -0.39 is 11.8 Å². The molecule has 0 amide bonds. The van der Waals surface area contributed by atoms with E-state index in [0.717, 1.165) is 47.9 Å². The van der Waals surface area contributed by atoms with Crippen LogP contribution in [0, 0.1) is 5.82 Å². The van der Waals surface area contributed by atoms with Crippen LogP contribution < -0.4 is 9.64 Å². The van der Waals surface area contributed by atoms with Gasteiger partial charge >= 0.3 is 5.97 Å². The molecule has 4 heterocycles. The van der Waals surface area contributed by atoms with E-state index in [1.165, 1.54) is 23.0 Å². The zero-order valence-corrected chi connectivity index (χ0v) is 20.4. The molecule has 1 aliphatic heterocycles. The first-order valence-electron chi connectivity index (χ1n) is 11.0. The number of anilines is 1. The van der Waals surface area contributed by atoms with E-state index in [1.54, 1.807) is 24.3 Å². The fraction of sp³-hybridized carbons (Fsp3) is 0.240. The molecule has 35 heavy (non-hydrogen) atoms. The Hall–Kier alpha value is -3.43. The number of halogens is 2. The van der Waals surface area contributed by atoms with Crippen molar-refractivity contribution in [1.82, 2.24) is 14.5 Å². The molecule has 0 radical (unpaired) electrons. The molecule has 0 atom stereocenters. The van der Waals surface area contributed by atoms with Gasteiger partial charge in [0, 0.05) is 36.8 Å². The molecule has 0 saturated carbocycles. The normalized spacial score (nSPS) is 13.9. The summed E-state index contributed by atoms with van der Waals surface area (Å²) in [5, 5.41) is 9.54. The van der Waals surface area contributed by atoms with E-state index in [4.69, 9.17) is 16.3 Å². The summed E-state index contributed by atoms with van der Waals surface area (Å²) in [5.74, 6) is 0.748. The molecule has 1 N–H and O–H groups in total. The number of benzene rings is 1. The van der Waals surface area contributed by atoms with Gasteiger partial charge in [-0.3, -0.25) is 0 Å². The third kappa shape index (κ3) is 5.01. The van der Waals surface area contributed by atoms with Gasteiger partial charge in [0.2, 0.25) is 5.88 Å². The molecule has 4 aromatic rings. The Labute approximate surface area is 210 Å². The number of aromatic carboxylic acids is 1. The average molecular weight is 513 g/mol. The molecular formula is C25H22ClFN4O3S. The van der Waals surface area contributed by atoms with Gasteiger partial charge in [0.05, 0.1) is 5.52 Å². The van der Waals surface area contributed by atoms with Crippen LogP contribution in [0.4, 0.5) is 10.2 Å². The van der Waals surface area contributed by atoms with Crippen molar-refractivity contribution in [2.45, 2.75) is 19.4 Å². The third-order valence-electron chi connectivity index (χ3n) is 5.99. The second kappa shape index (κ2) is 9.67. The molecule has 10 heteroatoms. The summed E-state index contributed by atoms with van der Waals surface area (Å²) >= 11 is 7.00. The van der Waals surface area contributed by atoms with Crippen LogP contribution >= 0.6 is 22.9 Å². The van der Waals surface area contributed by atoms with Crippen molar-refractivity contribution < 1.29 is 19.0 Å². The first-order chi connectivity index (χ1) is 16.9. The number of piperidine rings is 1. The summed E-state index contributed by atoms with van der Waals surface area (Å²) in [4.78, 5) is 23.6. The Morgan fingerprint density at radius 2 is 2.03 bits per heavy atom. The van der Waals surface area contributed by atoms with Crippen molar-refractivity contribution in [2.75, 3.05) is 18.0 Å². The molecule has 3 aromatic heterocycles. The van der Waals surface area contributed by atoms with Crippen molar-refractivity contribution in [3.63, 3.8) is 0 Å². The zero-order chi connectivity index (χ0) is 24.5. The number of carboxylic acid groups (broad SMARTS) is 1. The molecule has 1 aliphatic rings. The molecule has 180 valence electrons. The van der Waals surface area contributed by atoms with Crippen molar-refractivity contribution in [3.8, 4) is 5.88 Å². The van der Waals surface area contributed by atoms with Crippen LogP contribution in [0.1, 0.15) is 33.9 Å². The highest BCUT2D eigenvalue weighted by atomic mass is 35.5. The quantitative estimate of drug-likeness (QED) is 0.352. The summed E-state index contributed by atoms with van der Waals surface area (Å²) in [6.07, 6.45) is 3.82.